The van der Waals surface area contributed by atoms with Crippen molar-refractivity contribution in [2.45, 2.75) is 45.1 Å². The first-order chi connectivity index (χ1) is 8.72. The molecule has 2 atom stereocenters. The van der Waals surface area contributed by atoms with E-state index >= 15 is 0 Å². The Bertz CT molecular complexity index is 295. The van der Waals surface area contributed by atoms with Gasteiger partial charge < -0.3 is 14.4 Å². The molecule has 1 heterocycles. The van der Waals surface area contributed by atoms with Crippen LogP contribution < -0.4 is 0 Å². The predicted molar refractivity (Wildman–Crippen MR) is 69.4 cm³/mol. The molecular formula is C14H25NO3. The van der Waals surface area contributed by atoms with Gasteiger partial charge in [0, 0.05) is 32.2 Å². The first-order valence-corrected chi connectivity index (χ1v) is 7.10. The Morgan fingerprint density at radius 3 is 2.89 bits per heavy atom. The highest BCUT2D eigenvalue weighted by molar-refractivity contribution is 5.77. The van der Waals surface area contributed by atoms with Crippen LogP contribution in [0.1, 0.15) is 39.0 Å². The van der Waals surface area contributed by atoms with Crippen molar-refractivity contribution in [1.29, 1.82) is 0 Å². The van der Waals surface area contributed by atoms with E-state index in [1.54, 1.807) is 7.11 Å². The van der Waals surface area contributed by atoms with Crippen LogP contribution in [0, 0.1) is 5.41 Å². The average molecular weight is 255 g/mol. The molecule has 0 N–H and O–H groups in total. The molecule has 4 heteroatoms. The number of methoxy groups -OCH3 is 1. The summed E-state index contributed by atoms with van der Waals surface area (Å²) in [5.41, 5.74) is 0.217. The normalized spacial score (nSPS) is 32.1. The Balaban J connectivity index is 1.97. The molecule has 0 unspecified atom stereocenters. The van der Waals surface area contributed by atoms with E-state index in [-0.39, 0.29) is 17.9 Å². The van der Waals surface area contributed by atoms with Crippen LogP contribution >= 0.6 is 0 Å². The van der Waals surface area contributed by atoms with Crippen LogP contribution in [-0.2, 0) is 14.3 Å². The maximum Gasteiger partial charge on any atom is 0.248 e. The molecule has 2 aliphatic rings. The van der Waals surface area contributed by atoms with Crippen LogP contribution in [0.2, 0.25) is 0 Å². The molecule has 0 aromatic heterocycles. The SMILES string of the molecule is CCOCC(=O)N1CCC[C@@]2(CCC[C@H]2OC)C1. The van der Waals surface area contributed by atoms with Crippen molar-refractivity contribution >= 4 is 5.91 Å². The summed E-state index contributed by atoms with van der Waals surface area (Å²) < 4.78 is 10.9. The molecule has 1 aliphatic heterocycles. The first kappa shape index (κ1) is 13.8. The van der Waals surface area contributed by atoms with Gasteiger partial charge in [0.15, 0.2) is 0 Å². The van der Waals surface area contributed by atoms with Gasteiger partial charge in [-0.3, -0.25) is 4.79 Å². The van der Waals surface area contributed by atoms with Gasteiger partial charge in [0.1, 0.15) is 6.61 Å². The zero-order chi connectivity index (χ0) is 13.0. The van der Waals surface area contributed by atoms with Crippen molar-refractivity contribution in [3.8, 4) is 0 Å². The molecule has 0 aromatic carbocycles. The third kappa shape index (κ3) is 2.69. The molecule has 0 bridgehead atoms. The number of hydrogen-bond acceptors (Lipinski definition) is 3. The molecule has 2 rings (SSSR count). The summed E-state index contributed by atoms with van der Waals surface area (Å²) in [5, 5.41) is 0. The van der Waals surface area contributed by atoms with E-state index in [1.807, 2.05) is 11.8 Å². The quantitative estimate of drug-likeness (QED) is 0.769. The summed E-state index contributed by atoms with van der Waals surface area (Å²) in [4.78, 5) is 14.0. The molecule has 0 radical (unpaired) electrons. The lowest BCUT2D eigenvalue weighted by Gasteiger charge is -2.43. The minimum absolute atomic E-state index is 0.137. The molecule has 104 valence electrons. The molecule has 18 heavy (non-hydrogen) atoms. The van der Waals surface area contributed by atoms with Crippen LogP contribution in [0.5, 0.6) is 0 Å². The minimum Gasteiger partial charge on any atom is -0.381 e. The fourth-order valence-corrected chi connectivity index (χ4v) is 3.60. The van der Waals surface area contributed by atoms with Gasteiger partial charge in [-0.05, 0) is 32.6 Å². The maximum atomic E-state index is 12.1. The second-order valence-electron chi connectivity index (χ2n) is 5.53. The molecule has 1 aliphatic carbocycles. The number of ether oxygens (including phenoxy) is 2. The molecule has 1 saturated carbocycles. The molecule has 1 saturated heterocycles. The molecule has 0 aromatic rings. The number of rotatable bonds is 4. The molecular weight excluding hydrogens is 230 g/mol. The molecule has 1 amide bonds. The monoisotopic (exact) mass is 255 g/mol. The Hall–Kier alpha value is -0.610. The Morgan fingerprint density at radius 2 is 2.17 bits per heavy atom. The van der Waals surface area contributed by atoms with Gasteiger partial charge in [-0.15, -0.1) is 0 Å². The second kappa shape index (κ2) is 6.02. The van der Waals surface area contributed by atoms with Gasteiger partial charge in [0.05, 0.1) is 6.10 Å². The average Bonchev–Trinajstić information content (AvgIpc) is 2.78. The van der Waals surface area contributed by atoms with Gasteiger partial charge in [0.2, 0.25) is 5.91 Å². The number of amides is 1. The zero-order valence-corrected chi connectivity index (χ0v) is 11.6. The number of nitrogens with zero attached hydrogens (tertiary/aromatic N) is 1. The lowest BCUT2D eigenvalue weighted by Crippen LogP contribution is -2.50. The van der Waals surface area contributed by atoms with E-state index < -0.39 is 0 Å². The van der Waals surface area contributed by atoms with E-state index in [0.29, 0.717) is 12.7 Å². The van der Waals surface area contributed by atoms with Gasteiger partial charge in [-0.25, -0.2) is 0 Å². The van der Waals surface area contributed by atoms with Gasteiger partial charge >= 0.3 is 0 Å². The fraction of sp³-hybridized carbons (Fsp3) is 0.929. The van der Waals surface area contributed by atoms with Crippen molar-refractivity contribution < 1.29 is 14.3 Å². The van der Waals surface area contributed by atoms with Crippen LogP contribution in [0.15, 0.2) is 0 Å². The van der Waals surface area contributed by atoms with Gasteiger partial charge in [0.25, 0.3) is 0 Å². The van der Waals surface area contributed by atoms with Crippen LogP contribution in [-0.4, -0.2) is 50.3 Å². The van der Waals surface area contributed by atoms with E-state index in [9.17, 15) is 4.79 Å². The zero-order valence-electron chi connectivity index (χ0n) is 11.6. The topological polar surface area (TPSA) is 38.8 Å². The summed E-state index contributed by atoms with van der Waals surface area (Å²) in [6.07, 6.45) is 6.20. The van der Waals surface area contributed by atoms with Crippen molar-refractivity contribution in [1.82, 2.24) is 4.90 Å². The van der Waals surface area contributed by atoms with Crippen molar-refractivity contribution in [3.05, 3.63) is 0 Å². The number of hydrogen-bond donors (Lipinski definition) is 0. The Labute approximate surface area is 110 Å². The van der Waals surface area contributed by atoms with Crippen molar-refractivity contribution in [3.63, 3.8) is 0 Å². The third-order valence-corrected chi connectivity index (χ3v) is 4.50. The smallest absolute Gasteiger partial charge is 0.248 e. The highest BCUT2D eigenvalue weighted by Gasteiger charge is 2.46. The number of carbonyl (C=O) groups is 1. The Kier molecular flexibility index (Phi) is 4.62. The van der Waals surface area contributed by atoms with Gasteiger partial charge in [-0.1, -0.05) is 6.42 Å². The summed E-state index contributed by atoms with van der Waals surface area (Å²) >= 11 is 0. The van der Waals surface area contributed by atoms with E-state index in [1.165, 1.54) is 19.3 Å². The number of carbonyl (C=O) groups excluding carboxylic acids is 1. The van der Waals surface area contributed by atoms with E-state index in [4.69, 9.17) is 9.47 Å². The predicted octanol–water partition coefficient (Wildman–Crippen LogP) is 1.83. The first-order valence-electron chi connectivity index (χ1n) is 7.10. The van der Waals surface area contributed by atoms with Gasteiger partial charge in [-0.2, -0.15) is 0 Å². The lowest BCUT2D eigenvalue weighted by molar-refractivity contribution is -0.142. The summed E-state index contributed by atoms with van der Waals surface area (Å²) in [5.74, 6) is 0.137. The largest absolute Gasteiger partial charge is 0.381 e. The highest BCUT2D eigenvalue weighted by Crippen LogP contribution is 2.46. The maximum absolute atomic E-state index is 12.1. The summed E-state index contributed by atoms with van der Waals surface area (Å²) in [6.45, 7) is 4.49. The molecule has 1 spiro atoms. The minimum atomic E-state index is 0.137. The van der Waals surface area contributed by atoms with Crippen LogP contribution in [0.3, 0.4) is 0 Å². The highest BCUT2D eigenvalue weighted by atomic mass is 16.5. The molecule has 2 fully saturated rings. The fourth-order valence-electron chi connectivity index (χ4n) is 3.60. The lowest BCUT2D eigenvalue weighted by atomic mass is 9.76. The van der Waals surface area contributed by atoms with E-state index in [2.05, 4.69) is 0 Å². The standard InChI is InChI=1S/C14H25NO3/c1-3-18-10-13(16)15-9-5-8-14(11-15)7-4-6-12(14)17-2/h12H,3-11H2,1-2H3/t12-,14+/m1/s1. The summed E-state index contributed by atoms with van der Waals surface area (Å²) in [6, 6.07) is 0. The van der Waals surface area contributed by atoms with E-state index in [0.717, 1.165) is 25.9 Å². The molecule has 4 nitrogen and oxygen atoms in total. The second-order valence-corrected chi connectivity index (χ2v) is 5.53. The Morgan fingerprint density at radius 1 is 1.39 bits per heavy atom. The van der Waals surface area contributed by atoms with Crippen LogP contribution in [0.4, 0.5) is 0 Å². The third-order valence-electron chi connectivity index (χ3n) is 4.50. The number of likely N-dealkylation sites (tertiary alicyclic amines) is 1. The van der Waals surface area contributed by atoms with Crippen molar-refractivity contribution in [2.24, 2.45) is 5.41 Å². The van der Waals surface area contributed by atoms with Crippen LogP contribution in [0.25, 0.3) is 0 Å². The van der Waals surface area contributed by atoms with Crippen molar-refractivity contribution in [2.75, 3.05) is 33.4 Å². The number of piperidine rings is 1. The summed E-state index contributed by atoms with van der Waals surface area (Å²) in [7, 11) is 1.80.